The summed E-state index contributed by atoms with van der Waals surface area (Å²) in [5.41, 5.74) is 4.88. The van der Waals surface area contributed by atoms with Crippen molar-refractivity contribution in [3.05, 3.63) is 58.7 Å². The Morgan fingerprint density at radius 1 is 1.24 bits per heavy atom. The Bertz CT molecular complexity index is 857. The minimum Gasteiger partial charge on any atom is -0.493 e. The summed E-state index contributed by atoms with van der Waals surface area (Å²) in [5.74, 6) is 0.867. The lowest BCUT2D eigenvalue weighted by Crippen LogP contribution is -2.44. The molecule has 25 heavy (non-hydrogen) atoms. The van der Waals surface area contributed by atoms with Gasteiger partial charge in [-0.3, -0.25) is 9.79 Å². The van der Waals surface area contributed by atoms with Gasteiger partial charge in [-0.2, -0.15) is 0 Å². The van der Waals surface area contributed by atoms with Gasteiger partial charge in [0, 0.05) is 18.8 Å². The van der Waals surface area contributed by atoms with Gasteiger partial charge in [0.2, 0.25) is 0 Å². The number of hydrogen-bond donors (Lipinski definition) is 0. The molecule has 4 heteroatoms. The van der Waals surface area contributed by atoms with E-state index in [2.05, 4.69) is 30.1 Å². The molecule has 0 aromatic heterocycles. The maximum Gasteiger partial charge on any atom is 0.256 e. The van der Waals surface area contributed by atoms with E-state index >= 15 is 0 Å². The number of amides is 1. The zero-order valence-electron chi connectivity index (χ0n) is 14.7. The first kappa shape index (κ1) is 15.9. The molecule has 1 atom stereocenters. The molecule has 0 saturated carbocycles. The van der Waals surface area contributed by atoms with Crippen molar-refractivity contribution in [2.45, 2.75) is 39.3 Å². The largest absolute Gasteiger partial charge is 0.493 e. The number of rotatable bonds is 3. The quantitative estimate of drug-likeness (QED) is 0.849. The van der Waals surface area contributed by atoms with Gasteiger partial charge < -0.3 is 9.64 Å². The number of nitrogens with zero attached hydrogens (tertiary/aromatic N) is 2. The van der Waals surface area contributed by atoms with Gasteiger partial charge in [0.25, 0.3) is 5.91 Å². The average molecular weight is 334 g/mol. The highest BCUT2D eigenvalue weighted by Gasteiger charge is 2.32. The van der Waals surface area contributed by atoms with Crippen molar-refractivity contribution in [2.75, 3.05) is 6.61 Å². The first-order chi connectivity index (χ1) is 12.2. The Balaban J connectivity index is 1.72. The van der Waals surface area contributed by atoms with E-state index in [4.69, 9.17) is 4.74 Å². The van der Waals surface area contributed by atoms with E-state index in [1.54, 1.807) is 0 Å². The molecule has 2 aromatic carbocycles. The van der Waals surface area contributed by atoms with Crippen LogP contribution in [0.1, 0.15) is 40.4 Å². The predicted molar refractivity (Wildman–Crippen MR) is 98.9 cm³/mol. The van der Waals surface area contributed by atoms with Crippen LogP contribution in [-0.4, -0.2) is 29.7 Å². The maximum absolute atomic E-state index is 13.2. The summed E-state index contributed by atoms with van der Waals surface area (Å²) in [4.78, 5) is 19.7. The minimum absolute atomic E-state index is 0.00937. The summed E-state index contributed by atoms with van der Waals surface area (Å²) in [5, 5.41) is 0. The predicted octanol–water partition coefficient (Wildman–Crippen LogP) is 4.07. The van der Waals surface area contributed by atoms with Crippen LogP contribution >= 0.6 is 0 Å². The Hall–Kier alpha value is -2.62. The lowest BCUT2D eigenvalue weighted by atomic mass is 9.94. The van der Waals surface area contributed by atoms with Gasteiger partial charge in [-0.1, -0.05) is 31.2 Å². The lowest BCUT2D eigenvalue weighted by Gasteiger charge is -2.34. The average Bonchev–Trinajstić information content (AvgIpc) is 2.75. The van der Waals surface area contributed by atoms with Crippen LogP contribution in [0.5, 0.6) is 5.75 Å². The summed E-state index contributed by atoms with van der Waals surface area (Å²) in [6.45, 7) is 5.37. The molecule has 4 nitrogen and oxygen atoms in total. The highest BCUT2D eigenvalue weighted by atomic mass is 16.5. The van der Waals surface area contributed by atoms with Crippen molar-refractivity contribution < 1.29 is 9.53 Å². The van der Waals surface area contributed by atoms with Crippen LogP contribution in [0.2, 0.25) is 0 Å². The number of benzene rings is 2. The van der Waals surface area contributed by atoms with Crippen LogP contribution in [0.15, 0.2) is 41.4 Å². The van der Waals surface area contributed by atoms with Gasteiger partial charge in [-0.25, -0.2) is 0 Å². The first-order valence-corrected chi connectivity index (χ1v) is 8.86. The lowest BCUT2D eigenvalue weighted by molar-refractivity contribution is 0.0703. The van der Waals surface area contributed by atoms with E-state index in [0.717, 1.165) is 24.2 Å². The molecule has 2 aliphatic heterocycles. The van der Waals surface area contributed by atoms with Crippen LogP contribution < -0.4 is 4.74 Å². The molecule has 0 saturated heterocycles. The molecule has 128 valence electrons. The van der Waals surface area contributed by atoms with Crippen LogP contribution in [0.4, 0.5) is 5.69 Å². The SMILES string of the molecule is CCCOc1cc2c(cc1C)C(=O)N1Cc3ccccc3C[C@H]1C=N2. The van der Waals surface area contributed by atoms with Crippen molar-refractivity contribution in [1.82, 2.24) is 4.90 Å². The van der Waals surface area contributed by atoms with Crippen molar-refractivity contribution >= 4 is 17.8 Å². The molecular weight excluding hydrogens is 312 g/mol. The molecule has 2 aliphatic rings. The molecule has 0 unspecified atom stereocenters. The summed E-state index contributed by atoms with van der Waals surface area (Å²) in [6.07, 6.45) is 3.68. The summed E-state index contributed by atoms with van der Waals surface area (Å²) >= 11 is 0. The molecule has 4 rings (SSSR count). The van der Waals surface area contributed by atoms with Gasteiger partial charge in [-0.15, -0.1) is 0 Å². The van der Waals surface area contributed by atoms with Gasteiger partial charge in [0.15, 0.2) is 0 Å². The summed E-state index contributed by atoms with van der Waals surface area (Å²) < 4.78 is 5.80. The van der Waals surface area contributed by atoms with E-state index in [-0.39, 0.29) is 11.9 Å². The van der Waals surface area contributed by atoms with Crippen molar-refractivity contribution in [2.24, 2.45) is 4.99 Å². The highest BCUT2D eigenvalue weighted by molar-refractivity contribution is 6.03. The number of fused-ring (bicyclic) bond motifs is 3. The number of carbonyl (C=O) groups is 1. The van der Waals surface area contributed by atoms with Crippen molar-refractivity contribution in [3.63, 3.8) is 0 Å². The molecule has 0 radical (unpaired) electrons. The summed E-state index contributed by atoms with van der Waals surface area (Å²) in [6, 6.07) is 12.2. The standard InChI is InChI=1S/C21H22N2O2/c1-3-8-25-20-11-19-18(9-14(20)2)21(24)23-13-16-7-5-4-6-15(16)10-17(23)12-22-19/h4-7,9,11-12,17H,3,8,10,13H2,1-2H3/t17-/m0/s1. The second-order valence-electron chi connectivity index (χ2n) is 6.73. The number of hydrogen-bond acceptors (Lipinski definition) is 3. The van der Waals surface area contributed by atoms with Gasteiger partial charge in [0.1, 0.15) is 5.75 Å². The normalized spacial score (nSPS) is 18.2. The Morgan fingerprint density at radius 3 is 2.84 bits per heavy atom. The van der Waals surface area contributed by atoms with Gasteiger partial charge in [0.05, 0.1) is 23.9 Å². The smallest absolute Gasteiger partial charge is 0.256 e. The second-order valence-corrected chi connectivity index (χ2v) is 6.73. The van der Waals surface area contributed by atoms with Crippen LogP contribution in [-0.2, 0) is 13.0 Å². The minimum atomic E-state index is 0.00937. The van der Waals surface area contributed by atoms with Crippen LogP contribution in [0.25, 0.3) is 0 Å². The topological polar surface area (TPSA) is 41.9 Å². The third-order valence-electron chi connectivity index (χ3n) is 4.92. The Labute approximate surface area is 148 Å². The van der Waals surface area contributed by atoms with Gasteiger partial charge in [-0.05, 0) is 42.5 Å². The molecular formula is C21H22N2O2. The number of ether oxygens (including phenoxy) is 1. The Morgan fingerprint density at radius 2 is 2.04 bits per heavy atom. The van der Waals surface area contributed by atoms with E-state index in [1.807, 2.05) is 36.2 Å². The third kappa shape index (κ3) is 2.82. The van der Waals surface area contributed by atoms with E-state index < -0.39 is 0 Å². The fourth-order valence-electron chi connectivity index (χ4n) is 3.55. The molecule has 0 bridgehead atoms. The molecule has 2 heterocycles. The summed E-state index contributed by atoms with van der Waals surface area (Å²) in [7, 11) is 0. The van der Waals surface area contributed by atoms with Gasteiger partial charge >= 0.3 is 0 Å². The Kier molecular flexibility index (Phi) is 4.04. The third-order valence-corrected chi connectivity index (χ3v) is 4.92. The maximum atomic E-state index is 13.2. The molecule has 0 aliphatic carbocycles. The van der Waals surface area contributed by atoms with E-state index in [9.17, 15) is 4.79 Å². The molecule has 0 fully saturated rings. The first-order valence-electron chi connectivity index (χ1n) is 8.86. The number of aliphatic imine (C=N–C) groups is 1. The highest BCUT2D eigenvalue weighted by Crippen LogP contribution is 2.34. The zero-order chi connectivity index (χ0) is 17.4. The molecule has 2 aromatic rings. The number of aryl methyl sites for hydroxylation is 1. The molecule has 0 N–H and O–H groups in total. The monoisotopic (exact) mass is 334 g/mol. The van der Waals surface area contributed by atoms with E-state index in [0.29, 0.717) is 24.4 Å². The van der Waals surface area contributed by atoms with E-state index in [1.165, 1.54) is 11.1 Å². The zero-order valence-corrected chi connectivity index (χ0v) is 14.7. The number of carbonyl (C=O) groups excluding carboxylic acids is 1. The fraction of sp³-hybridized carbons (Fsp3) is 0.333. The molecule has 0 spiro atoms. The van der Waals surface area contributed by atoms with Crippen LogP contribution in [0, 0.1) is 6.92 Å². The fourth-order valence-corrected chi connectivity index (χ4v) is 3.55. The van der Waals surface area contributed by atoms with Crippen molar-refractivity contribution in [1.29, 1.82) is 0 Å². The van der Waals surface area contributed by atoms with Crippen molar-refractivity contribution in [3.8, 4) is 5.75 Å². The molecule has 1 amide bonds. The van der Waals surface area contributed by atoms with Crippen LogP contribution in [0.3, 0.4) is 0 Å². The second kappa shape index (κ2) is 6.36.